The Labute approximate surface area is 123 Å². The fourth-order valence-electron chi connectivity index (χ4n) is 2.59. The van der Waals surface area contributed by atoms with Crippen molar-refractivity contribution in [2.45, 2.75) is 37.0 Å². The Morgan fingerprint density at radius 1 is 1.29 bits per heavy atom. The maximum Gasteiger partial charge on any atom is 0.289 e. The van der Waals surface area contributed by atoms with Gasteiger partial charge in [0.2, 0.25) is 10.0 Å². The summed E-state index contributed by atoms with van der Waals surface area (Å²) in [6.07, 6.45) is 5.36. The van der Waals surface area contributed by atoms with Crippen molar-refractivity contribution in [2.24, 2.45) is 5.92 Å². The van der Waals surface area contributed by atoms with Crippen LogP contribution in [0, 0.1) is 16.0 Å². The fourth-order valence-corrected chi connectivity index (χ4v) is 3.91. The summed E-state index contributed by atoms with van der Waals surface area (Å²) in [5.74, 6) is 0.300. The average Bonchev–Trinajstić information content (AvgIpc) is 2.46. The fraction of sp³-hybridized carbons (Fsp3) is 0.538. The first-order valence-electron chi connectivity index (χ1n) is 6.94. The van der Waals surface area contributed by atoms with Gasteiger partial charge in [0, 0.05) is 18.3 Å². The topological polar surface area (TPSA) is 115 Å². The summed E-state index contributed by atoms with van der Waals surface area (Å²) in [6.45, 7) is 0.314. The predicted octanol–water partition coefficient (Wildman–Crippen LogP) is 2.04. The molecule has 0 aromatic heterocycles. The predicted molar refractivity (Wildman–Crippen MR) is 79.3 cm³/mol. The van der Waals surface area contributed by atoms with E-state index in [0.717, 1.165) is 37.8 Å². The smallest absolute Gasteiger partial charge is 0.289 e. The number of rotatable bonds is 5. The van der Waals surface area contributed by atoms with Gasteiger partial charge in [-0.1, -0.05) is 19.3 Å². The lowest BCUT2D eigenvalue weighted by molar-refractivity contribution is -0.387. The van der Waals surface area contributed by atoms with E-state index in [9.17, 15) is 18.5 Å². The van der Waals surface area contributed by atoms with Crippen molar-refractivity contribution in [3.8, 4) is 0 Å². The number of nitrogen functional groups attached to an aromatic ring is 1. The first-order chi connectivity index (χ1) is 9.90. The molecule has 0 atom stereocenters. The molecule has 0 unspecified atom stereocenters. The Morgan fingerprint density at radius 3 is 2.57 bits per heavy atom. The van der Waals surface area contributed by atoms with Crippen LogP contribution in [0.5, 0.6) is 0 Å². The minimum atomic E-state index is -3.93. The molecule has 0 bridgehead atoms. The van der Waals surface area contributed by atoms with E-state index in [0.29, 0.717) is 12.5 Å². The standard InChI is InChI=1S/C13H19N3O4S/c14-11-6-7-12(16(17)18)13(8-11)21(19,20)15-9-10-4-2-1-3-5-10/h6-8,10,15H,1-5,9,14H2. The number of sulfonamides is 1. The summed E-state index contributed by atoms with van der Waals surface area (Å²) in [7, 11) is -3.93. The van der Waals surface area contributed by atoms with Gasteiger partial charge in [-0.25, -0.2) is 13.1 Å². The Kier molecular flexibility index (Phi) is 4.79. The van der Waals surface area contributed by atoms with Gasteiger partial charge in [-0.15, -0.1) is 0 Å². The van der Waals surface area contributed by atoms with E-state index in [1.54, 1.807) is 0 Å². The van der Waals surface area contributed by atoms with Crippen molar-refractivity contribution in [1.29, 1.82) is 0 Å². The van der Waals surface area contributed by atoms with Crippen LogP contribution in [0.4, 0.5) is 11.4 Å². The van der Waals surface area contributed by atoms with Gasteiger partial charge in [0.1, 0.15) is 0 Å². The summed E-state index contributed by atoms with van der Waals surface area (Å²) in [5.41, 5.74) is 5.27. The van der Waals surface area contributed by atoms with Gasteiger partial charge in [-0.3, -0.25) is 10.1 Å². The van der Waals surface area contributed by atoms with Gasteiger partial charge in [0.05, 0.1) is 4.92 Å². The maximum absolute atomic E-state index is 12.3. The quantitative estimate of drug-likeness (QED) is 0.490. The van der Waals surface area contributed by atoms with Crippen LogP contribution in [0.15, 0.2) is 23.1 Å². The highest BCUT2D eigenvalue weighted by molar-refractivity contribution is 7.89. The van der Waals surface area contributed by atoms with Crippen molar-refractivity contribution >= 4 is 21.4 Å². The third kappa shape index (κ3) is 3.92. The van der Waals surface area contributed by atoms with Gasteiger partial charge in [0.15, 0.2) is 4.90 Å². The molecular formula is C13H19N3O4S. The summed E-state index contributed by atoms with van der Waals surface area (Å²) in [5, 5.41) is 11.0. The monoisotopic (exact) mass is 313 g/mol. The number of hydrogen-bond acceptors (Lipinski definition) is 5. The molecule has 1 aliphatic rings. The number of nitrogens with one attached hydrogen (secondary N) is 1. The molecule has 0 saturated heterocycles. The number of benzene rings is 1. The largest absolute Gasteiger partial charge is 0.399 e. The third-order valence-corrected chi connectivity index (χ3v) is 5.21. The molecule has 0 aliphatic heterocycles. The van der Waals surface area contributed by atoms with Gasteiger partial charge in [0.25, 0.3) is 5.69 Å². The van der Waals surface area contributed by atoms with Crippen LogP contribution in [-0.4, -0.2) is 19.9 Å². The van der Waals surface area contributed by atoms with Crippen LogP contribution in [0.25, 0.3) is 0 Å². The van der Waals surface area contributed by atoms with Crippen LogP contribution in [0.1, 0.15) is 32.1 Å². The molecule has 21 heavy (non-hydrogen) atoms. The maximum atomic E-state index is 12.3. The molecule has 0 spiro atoms. The molecular weight excluding hydrogens is 294 g/mol. The van der Waals surface area contributed by atoms with Crippen LogP contribution < -0.4 is 10.5 Å². The molecule has 7 nitrogen and oxygen atoms in total. The Balaban J connectivity index is 2.18. The van der Waals surface area contributed by atoms with Crippen molar-refractivity contribution in [3.05, 3.63) is 28.3 Å². The Bertz CT molecular complexity index is 624. The summed E-state index contributed by atoms with van der Waals surface area (Å²) >= 11 is 0. The van der Waals surface area contributed by atoms with Crippen LogP contribution in [0.3, 0.4) is 0 Å². The molecule has 0 radical (unpaired) electrons. The van der Waals surface area contributed by atoms with Crippen LogP contribution in [0.2, 0.25) is 0 Å². The highest BCUT2D eigenvalue weighted by atomic mass is 32.2. The van der Waals surface area contributed by atoms with E-state index < -0.39 is 20.6 Å². The average molecular weight is 313 g/mol. The van der Waals surface area contributed by atoms with E-state index in [4.69, 9.17) is 5.73 Å². The van der Waals surface area contributed by atoms with Gasteiger partial charge in [-0.2, -0.15) is 0 Å². The lowest BCUT2D eigenvalue weighted by Gasteiger charge is -2.21. The van der Waals surface area contributed by atoms with E-state index in [-0.39, 0.29) is 10.6 Å². The molecule has 8 heteroatoms. The van der Waals surface area contributed by atoms with Crippen LogP contribution in [-0.2, 0) is 10.0 Å². The number of nitrogens with zero attached hydrogens (tertiary/aromatic N) is 1. The van der Waals surface area contributed by atoms with E-state index >= 15 is 0 Å². The second kappa shape index (κ2) is 6.40. The number of nitro groups is 1. The molecule has 3 N–H and O–H groups in total. The SMILES string of the molecule is Nc1ccc([N+](=O)[O-])c(S(=O)(=O)NCC2CCCCC2)c1. The van der Waals surface area contributed by atoms with Crippen LogP contribution >= 0.6 is 0 Å². The van der Waals surface area contributed by atoms with Crippen molar-refractivity contribution < 1.29 is 13.3 Å². The van der Waals surface area contributed by atoms with Crippen molar-refractivity contribution in [3.63, 3.8) is 0 Å². The number of hydrogen-bond donors (Lipinski definition) is 2. The molecule has 0 heterocycles. The second-order valence-corrected chi connectivity index (χ2v) is 7.08. The Morgan fingerprint density at radius 2 is 1.95 bits per heavy atom. The highest BCUT2D eigenvalue weighted by Gasteiger charge is 2.27. The summed E-state index contributed by atoms with van der Waals surface area (Å²) in [6, 6.07) is 3.56. The van der Waals surface area contributed by atoms with Gasteiger partial charge in [-0.05, 0) is 30.9 Å². The van der Waals surface area contributed by atoms with E-state index in [2.05, 4.69) is 4.72 Å². The molecule has 1 fully saturated rings. The number of nitro benzene ring substituents is 1. The minimum absolute atomic E-state index is 0.179. The Hall–Kier alpha value is -1.67. The molecule has 1 saturated carbocycles. The molecule has 1 aliphatic carbocycles. The van der Waals surface area contributed by atoms with Gasteiger partial charge < -0.3 is 5.73 Å². The number of nitrogens with two attached hydrogens (primary N) is 1. The molecule has 0 amide bonds. The second-order valence-electron chi connectivity index (χ2n) is 5.34. The number of anilines is 1. The van der Waals surface area contributed by atoms with Gasteiger partial charge >= 0.3 is 0 Å². The highest BCUT2D eigenvalue weighted by Crippen LogP contribution is 2.27. The normalized spacial score (nSPS) is 16.8. The zero-order valence-corrected chi connectivity index (χ0v) is 12.4. The van der Waals surface area contributed by atoms with E-state index in [1.165, 1.54) is 12.5 Å². The zero-order chi connectivity index (χ0) is 15.5. The lowest BCUT2D eigenvalue weighted by atomic mass is 9.90. The van der Waals surface area contributed by atoms with E-state index in [1.807, 2.05) is 0 Å². The van der Waals surface area contributed by atoms with Crippen molar-refractivity contribution in [1.82, 2.24) is 4.72 Å². The minimum Gasteiger partial charge on any atom is -0.399 e. The first kappa shape index (κ1) is 15.7. The third-order valence-electron chi connectivity index (χ3n) is 3.76. The van der Waals surface area contributed by atoms with Crippen molar-refractivity contribution in [2.75, 3.05) is 12.3 Å². The molecule has 116 valence electrons. The summed E-state index contributed by atoms with van der Waals surface area (Å²) < 4.78 is 27.0. The molecule has 1 aromatic rings. The lowest BCUT2D eigenvalue weighted by Crippen LogP contribution is -2.30. The zero-order valence-electron chi connectivity index (χ0n) is 11.6. The summed E-state index contributed by atoms with van der Waals surface area (Å²) in [4.78, 5) is 9.87. The molecule has 1 aromatic carbocycles. The molecule has 2 rings (SSSR count). The first-order valence-corrected chi connectivity index (χ1v) is 8.42.